The quantitative estimate of drug-likeness (QED) is 0.604. The standard InChI is InChI=1S/C16H27N2O2S.BrH/c1-4-18(14-16-8-6-15(3)7-9-16)12-10-17(11-13-18)21(19,20)5-2;/h6-9H,4-5,10-14H2,1-3H3;1H/q+1;/p-1. The molecule has 0 radical (unpaired) electrons. The lowest BCUT2D eigenvalue weighted by molar-refractivity contribution is -0.942. The molecule has 0 N–H and O–H groups in total. The molecule has 1 aliphatic heterocycles. The number of piperazine rings is 1. The molecule has 1 aromatic carbocycles. The molecule has 22 heavy (non-hydrogen) atoms. The van der Waals surface area contributed by atoms with E-state index in [0.717, 1.165) is 30.7 Å². The van der Waals surface area contributed by atoms with Crippen LogP contribution in [0.5, 0.6) is 0 Å². The lowest BCUT2D eigenvalue weighted by Gasteiger charge is -2.44. The molecule has 0 bridgehead atoms. The summed E-state index contributed by atoms with van der Waals surface area (Å²) in [4.78, 5) is 0. The van der Waals surface area contributed by atoms with E-state index in [0.29, 0.717) is 13.1 Å². The van der Waals surface area contributed by atoms with Gasteiger partial charge in [0.1, 0.15) is 6.54 Å². The number of halogens is 1. The van der Waals surface area contributed by atoms with Crippen molar-refractivity contribution in [2.24, 2.45) is 0 Å². The smallest absolute Gasteiger partial charge is 0.214 e. The fourth-order valence-corrected chi connectivity index (χ4v) is 4.08. The zero-order valence-electron chi connectivity index (χ0n) is 13.8. The van der Waals surface area contributed by atoms with E-state index in [1.54, 1.807) is 11.2 Å². The minimum absolute atomic E-state index is 0. The van der Waals surface area contributed by atoms with Gasteiger partial charge in [0.05, 0.1) is 38.5 Å². The van der Waals surface area contributed by atoms with Crippen LogP contribution in [0.25, 0.3) is 0 Å². The van der Waals surface area contributed by atoms with Crippen molar-refractivity contribution in [2.75, 3.05) is 38.5 Å². The minimum atomic E-state index is -3.03. The lowest BCUT2D eigenvalue weighted by Crippen LogP contribution is -3.00. The van der Waals surface area contributed by atoms with Gasteiger partial charge in [-0.25, -0.2) is 8.42 Å². The Morgan fingerprint density at radius 1 is 1.09 bits per heavy atom. The van der Waals surface area contributed by atoms with Crippen molar-refractivity contribution in [2.45, 2.75) is 27.3 Å². The van der Waals surface area contributed by atoms with Gasteiger partial charge in [0.2, 0.25) is 10.0 Å². The van der Waals surface area contributed by atoms with Gasteiger partial charge in [0.25, 0.3) is 0 Å². The van der Waals surface area contributed by atoms with E-state index in [4.69, 9.17) is 0 Å². The summed E-state index contributed by atoms with van der Waals surface area (Å²) in [5.74, 6) is 0.205. The fraction of sp³-hybridized carbons (Fsp3) is 0.625. The minimum Gasteiger partial charge on any atom is -1.00 e. The number of quaternary nitrogens is 1. The van der Waals surface area contributed by atoms with Crippen LogP contribution in [0.2, 0.25) is 0 Å². The van der Waals surface area contributed by atoms with Gasteiger partial charge in [-0.05, 0) is 20.8 Å². The maximum absolute atomic E-state index is 12.0. The topological polar surface area (TPSA) is 37.4 Å². The molecule has 0 saturated carbocycles. The number of aryl methyl sites for hydroxylation is 1. The van der Waals surface area contributed by atoms with Crippen LogP contribution in [0.15, 0.2) is 24.3 Å². The second-order valence-corrected chi connectivity index (χ2v) is 8.31. The first kappa shape index (κ1) is 19.6. The number of likely N-dealkylation sites (N-methyl/N-ethyl adjacent to an activating group) is 1. The van der Waals surface area contributed by atoms with Crippen molar-refractivity contribution in [3.05, 3.63) is 35.4 Å². The highest BCUT2D eigenvalue weighted by atomic mass is 79.9. The summed E-state index contributed by atoms with van der Waals surface area (Å²) in [6.07, 6.45) is 0. The highest BCUT2D eigenvalue weighted by molar-refractivity contribution is 7.89. The van der Waals surface area contributed by atoms with Gasteiger partial charge in [-0.2, -0.15) is 4.31 Å². The first-order chi connectivity index (χ1) is 9.91. The molecule has 0 amide bonds. The maximum atomic E-state index is 12.0. The third-order valence-electron chi connectivity index (χ3n) is 4.72. The van der Waals surface area contributed by atoms with Crippen molar-refractivity contribution < 1.29 is 29.9 Å². The third kappa shape index (κ3) is 4.54. The van der Waals surface area contributed by atoms with Gasteiger partial charge in [-0.15, -0.1) is 0 Å². The molecule has 0 spiro atoms. The average Bonchev–Trinajstić information content (AvgIpc) is 2.50. The van der Waals surface area contributed by atoms with Crippen LogP contribution in [0.1, 0.15) is 25.0 Å². The summed E-state index contributed by atoms with van der Waals surface area (Å²) in [7, 11) is -3.03. The SMILES string of the molecule is CC[N+]1(Cc2ccc(C)cc2)CCN(S(=O)(=O)CC)CC1.[Br-]. The Bertz CT molecular complexity index is 564. The largest absolute Gasteiger partial charge is 1.00 e. The summed E-state index contributed by atoms with van der Waals surface area (Å²) in [5, 5.41) is 0. The molecule has 6 heteroatoms. The van der Waals surface area contributed by atoms with Crippen LogP contribution in [0.3, 0.4) is 0 Å². The van der Waals surface area contributed by atoms with Crippen molar-refractivity contribution in [3.63, 3.8) is 0 Å². The number of hydrogen-bond donors (Lipinski definition) is 0. The molecule has 0 aromatic heterocycles. The first-order valence-corrected chi connectivity index (χ1v) is 9.40. The molecule has 1 fully saturated rings. The molecular weight excluding hydrogens is 364 g/mol. The number of sulfonamides is 1. The second kappa shape index (κ2) is 7.90. The summed E-state index contributed by atoms with van der Waals surface area (Å²) < 4.78 is 26.6. The van der Waals surface area contributed by atoms with Crippen LogP contribution in [-0.2, 0) is 16.6 Å². The Morgan fingerprint density at radius 2 is 1.64 bits per heavy atom. The lowest BCUT2D eigenvalue weighted by atomic mass is 10.1. The molecule has 1 aliphatic rings. The maximum Gasteiger partial charge on any atom is 0.214 e. The zero-order chi connectivity index (χ0) is 15.5. The van der Waals surface area contributed by atoms with Gasteiger partial charge < -0.3 is 21.5 Å². The zero-order valence-corrected chi connectivity index (χ0v) is 16.2. The molecule has 126 valence electrons. The summed E-state index contributed by atoms with van der Waals surface area (Å²) in [6.45, 7) is 11.2. The van der Waals surface area contributed by atoms with Crippen molar-refractivity contribution in [1.82, 2.24) is 4.31 Å². The molecule has 2 rings (SSSR count). The van der Waals surface area contributed by atoms with Crippen LogP contribution >= 0.6 is 0 Å². The first-order valence-electron chi connectivity index (χ1n) is 7.79. The summed E-state index contributed by atoms with van der Waals surface area (Å²) in [6, 6.07) is 8.69. The van der Waals surface area contributed by atoms with E-state index in [1.807, 2.05) is 0 Å². The summed E-state index contributed by atoms with van der Waals surface area (Å²) in [5.41, 5.74) is 2.62. The molecule has 0 aliphatic carbocycles. The Morgan fingerprint density at radius 3 is 2.09 bits per heavy atom. The monoisotopic (exact) mass is 390 g/mol. The second-order valence-electron chi connectivity index (χ2n) is 6.05. The number of hydrogen-bond acceptors (Lipinski definition) is 2. The number of nitrogens with zero attached hydrogens (tertiary/aromatic N) is 2. The molecule has 1 aromatic rings. The fourth-order valence-electron chi connectivity index (χ4n) is 3.00. The molecular formula is C16H27BrN2O2S. The van der Waals surface area contributed by atoms with E-state index < -0.39 is 10.0 Å². The van der Waals surface area contributed by atoms with Gasteiger partial charge in [0.15, 0.2) is 0 Å². The van der Waals surface area contributed by atoms with Gasteiger partial charge in [0, 0.05) is 5.56 Å². The summed E-state index contributed by atoms with van der Waals surface area (Å²) >= 11 is 0. The average molecular weight is 391 g/mol. The van der Waals surface area contributed by atoms with E-state index >= 15 is 0 Å². The van der Waals surface area contributed by atoms with E-state index in [9.17, 15) is 8.42 Å². The van der Waals surface area contributed by atoms with Gasteiger partial charge >= 0.3 is 0 Å². The van der Waals surface area contributed by atoms with Crippen LogP contribution in [0.4, 0.5) is 0 Å². The normalized spacial score (nSPS) is 18.7. The van der Waals surface area contributed by atoms with Gasteiger partial charge in [-0.3, -0.25) is 0 Å². The van der Waals surface area contributed by atoms with E-state index in [2.05, 4.69) is 38.1 Å². The van der Waals surface area contributed by atoms with Crippen molar-refractivity contribution in [1.29, 1.82) is 0 Å². The van der Waals surface area contributed by atoms with E-state index in [1.165, 1.54) is 11.1 Å². The van der Waals surface area contributed by atoms with Crippen LogP contribution in [-0.4, -0.2) is 55.7 Å². The van der Waals surface area contributed by atoms with Gasteiger partial charge in [-0.1, -0.05) is 29.8 Å². The predicted octanol–water partition coefficient (Wildman–Crippen LogP) is -0.999. The molecule has 0 atom stereocenters. The van der Waals surface area contributed by atoms with Crippen molar-refractivity contribution in [3.8, 4) is 0 Å². The Kier molecular flexibility index (Phi) is 7.05. The molecule has 0 unspecified atom stereocenters. The Labute approximate surface area is 145 Å². The highest BCUT2D eigenvalue weighted by Crippen LogP contribution is 2.20. The number of benzene rings is 1. The highest BCUT2D eigenvalue weighted by Gasteiger charge is 2.35. The van der Waals surface area contributed by atoms with Crippen LogP contribution in [0, 0.1) is 6.92 Å². The Hall–Kier alpha value is -0.430. The molecule has 1 heterocycles. The van der Waals surface area contributed by atoms with Crippen molar-refractivity contribution >= 4 is 10.0 Å². The van der Waals surface area contributed by atoms with E-state index in [-0.39, 0.29) is 22.7 Å². The third-order valence-corrected chi connectivity index (χ3v) is 6.60. The van der Waals surface area contributed by atoms with Crippen LogP contribution < -0.4 is 17.0 Å². The number of rotatable bonds is 5. The Balaban J connectivity index is 0.00000242. The predicted molar refractivity (Wildman–Crippen MR) is 86.5 cm³/mol. The molecule has 1 saturated heterocycles. The molecule has 4 nitrogen and oxygen atoms in total.